The maximum absolute atomic E-state index is 5.71. The number of aliphatic imine (C=N–C) groups is 1. The second-order valence-corrected chi connectivity index (χ2v) is 7.90. The van der Waals surface area contributed by atoms with Crippen molar-refractivity contribution in [3.63, 3.8) is 0 Å². The van der Waals surface area contributed by atoms with Gasteiger partial charge >= 0.3 is 0 Å². The largest absolute Gasteiger partial charge is 0.379 e. The molecule has 0 bridgehead atoms. The van der Waals surface area contributed by atoms with E-state index < -0.39 is 0 Å². The van der Waals surface area contributed by atoms with Crippen LogP contribution in [-0.4, -0.2) is 69.5 Å². The molecule has 1 unspecified atom stereocenters. The first-order valence-corrected chi connectivity index (χ1v) is 11.4. The van der Waals surface area contributed by atoms with Crippen molar-refractivity contribution in [1.29, 1.82) is 0 Å². The molecule has 0 saturated carbocycles. The molecular formula is C23H38N4O2. The molecule has 1 aromatic rings. The third kappa shape index (κ3) is 7.96. The minimum atomic E-state index is 0.311. The fourth-order valence-corrected chi connectivity index (χ4v) is 3.94. The minimum absolute atomic E-state index is 0.311. The van der Waals surface area contributed by atoms with Gasteiger partial charge in [-0.3, -0.25) is 9.89 Å². The third-order valence-corrected chi connectivity index (χ3v) is 5.54. The van der Waals surface area contributed by atoms with E-state index in [2.05, 4.69) is 51.7 Å². The van der Waals surface area contributed by atoms with Crippen molar-refractivity contribution in [2.75, 3.05) is 52.5 Å². The lowest BCUT2D eigenvalue weighted by Crippen LogP contribution is -2.39. The monoisotopic (exact) mass is 402 g/mol. The summed E-state index contributed by atoms with van der Waals surface area (Å²) in [7, 11) is 0. The Morgan fingerprint density at radius 3 is 2.97 bits per heavy atom. The molecular weight excluding hydrogens is 364 g/mol. The zero-order chi connectivity index (χ0) is 20.2. The molecule has 2 aliphatic rings. The van der Waals surface area contributed by atoms with Crippen LogP contribution in [0.5, 0.6) is 0 Å². The van der Waals surface area contributed by atoms with Crippen LogP contribution in [0.2, 0.25) is 0 Å². The van der Waals surface area contributed by atoms with E-state index in [-0.39, 0.29) is 0 Å². The van der Waals surface area contributed by atoms with Gasteiger partial charge in [-0.25, -0.2) is 0 Å². The van der Waals surface area contributed by atoms with Gasteiger partial charge in [0.05, 0.1) is 12.7 Å². The van der Waals surface area contributed by atoms with Gasteiger partial charge in [-0.1, -0.05) is 24.3 Å². The Morgan fingerprint density at radius 1 is 1.24 bits per heavy atom. The van der Waals surface area contributed by atoms with Crippen molar-refractivity contribution < 1.29 is 9.47 Å². The molecule has 0 radical (unpaired) electrons. The number of ether oxygens (including phenoxy) is 2. The summed E-state index contributed by atoms with van der Waals surface area (Å²) in [5, 5.41) is 6.80. The van der Waals surface area contributed by atoms with Crippen LogP contribution in [0.3, 0.4) is 0 Å². The van der Waals surface area contributed by atoms with Gasteiger partial charge in [-0.05, 0) is 50.2 Å². The molecule has 162 valence electrons. The van der Waals surface area contributed by atoms with Crippen LogP contribution in [0, 0.1) is 0 Å². The maximum atomic E-state index is 5.71. The summed E-state index contributed by atoms with van der Waals surface area (Å²) >= 11 is 0. The molecule has 0 aliphatic carbocycles. The van der Waals surface area contributed by atoms with Crippen LogP contribution in [0.4, 0.5) is 0 Å². The van der Waals surface area contributed by atoms with Crippen molar-refractivity contribution in [2.45, 2.75) is 51.7 Å². The predicted octanol–water partition coefficient (Wildman–Crippen LogP) is 2.58. The van der Waals surface area contributed by atoms with Gasteiger partial charge in [0.25, 0.3) is 0 Å². The SMILES string of the molecule is CCNC(=NCCCOCC1CCCO1)NCCCN1CCc2ccccc2C1. The van der Waals surface area contributed by atoms with E-state index in [1.165, 1.54) is 24.0 Å². The summed E-state index contributed by atoms with van der Waals surface area (Å²) in [6.45, 7) is 10.4. The van der Waals surface area contributed by atoms with Gasteiger partial charge in [0.1, 0.15) is 0 Å². The summed E-state index contributed by atoms with van der Waals surface area (Å²) < 4.78 is 11.3. The lowest BCUT2D eigenvalue weighted by molar-refractivity contribution is 0.0171. The molecule has 1 atom stereocenters. The predicted molar refractivity (Wildman–Crippen MR) is 118 cm³/mol. The maximum Gasteiger partial charge on any atom is 0.191 e. The van der Waals surface area contributed by atoms with Crippen LogP contribution < -0.4 is 10.6 Å². The summed E-state index contributed by atoms with van der Waals surface area (Å²) in [5.74, 6) is 0.913. The average Bonchev–Trinajstić information content (AvgIpc) is 3.27. The van der Waals surface area contributed by atoms with Gasteiger partial charge < -0.3 is 20.1 Å². The van der Waals surface area contributed by atoms with Crippen molar-refractivity contribution in [3.8, 4) is 0 Å². The molecule has 1 aromatic carbocycles. The van der Waals surface area contributed by atoms with E-state index in [9.17, 15) is 0 Å². The second-order valence-electron chi connectivity index (χ2n) is 7.90. The second kappa shape index (κ2) is 12.8. The van der Waals surface area contributed by atoms with Crippen LogP contribution in [0.25, 0.3) is 0 Å². The summed E-state index contributed by atoms with van der Waals surface area (Å²) in [5.41, 5.74) is 3.01. The van der Waals surface area contributed by atoms with Crippen molar-refractivity contribution in [2.24, 2.45) is 4.99 Å². The van der Waals surface area contributed by atoms with Crippen LogP contribution in [0.1, 0.15) is 43.7 Å². The fraction of sp³-hybridized carbons (Fsp3) is 0.696. The van der Waals surface area contributed by atoms with E-state index in [1.807, 2.05) is 0 Å². The molecule has 0 amide bonds. The molecule has 1 saturated heterocycles. The number of hydrogen-bond donors (Lipinski definition) is 2. The van der Waals surface area contributed by atoms with E-state index in [0.29, 0.717) is 6.10 Å². The van der Waals surface area contributed by atoms with Gasteiger partial charge in [-0.15, -0.1) is 0 Å². The quantitative estimate of drug-likeness (QED) is 0.338. The number of benzene rings is 1. The molecule has 3 rings (SSSR count). The van der Waals surface area contributed by atoms with Crippen LogP contribution in [-0.2, 0) is 22.4 Å². The van der Waals surface area contributed by atoms with Crippen molar-refractivity contribution in [1.82, 2.24) is 15.5 Å². The van der Waals surface area contributed by atoms with E-state index in [1.54, 1.807) is 0 Å². The highest BCUT2D eigenvalue weighted by Crippen LogP contribution is 2.18. The van der Waals surface area contributed by atoms with Gasteiger partial charge in [0.15, 0.2) is 5.96 Å². The number of fused-ring (bicyclic) bond motifs is 1. The Hall–Kier alpha value is -1.63. The highest BCUT2D eigenvalue weighted by molar-refractivity contribution is 5.79. The molecule has 2 N–H and O–H groups in total. The molecule has 6 heteroatoms. The highest BCUT2D eigenvalue weighted by atomic mass is 16.5. The number of hydrogen-bond acceptors (Lipinski definition) is 4. The molecule has 2 aliphatic heterocycles. The first-order valence-electron chi connectivity index (χ1n) is 11.4. The van der Waals surface area contributed by atoms with E-state index in [4.69, 9.17) is 9.47 Å². The summed E-state index contributed by atoms with van der Waals surface area (Å²) in [6.07, 6.45) is 5.85. The number of guanidine groups is 1. The highest BCUT2D eigenvalue weighted by Gasteiger charge is 2.15. The third-order valence-electron chi connectivity index (χ3n) is 5.54. The minimum Gasteiger partial charge on any atom is -0.379 e. The molecule has 0 aromatic heterocycles. The van der Waals surface area contributed by atoms with Crippen LogP contribution >= 0.6 is 0 Å². The Balaban J connectivity index is 1.26. The lowest BCUT2D eigenvalue weighted by atomic mass is 10.00. The molecule has 2 heterocycles. The van der Waals surface area contributed by atoms with E-state index >= 15 is 0 Å². The smallest absolute Gasteiger partial charge is 0.191 e. The number of rotatable bonds is 11. The van der Waals surface area contributed by atoms with Gasteiger partial charge in [-0.2, -0.15) is 0 Å². The fourth-order valence-electron chi connectivity index (χ4n) is 3.94. The van der Waals surface area contributed by atoms with Gasteiger partial charge in [0.2, 0.25) is 0 Å². The van der Waals surface area contributed by atoms with Crippen LogP contribution in [0.15, 0.2) is 29.3 Å². The lowest BCUT2D eigenvalue weighted by Gasteiger charge is -2.28. The Labute approximate surface area is 176 Å². The standard InChI is InChI=1S/C23H38N4O2/c1-2-24-23(26-13-7-16-28-19-22-10-5-17-29-22)25-12-6-14-27-15-11-20-8-3-4-9-21(20)18-27/h3-4,8-9,22H,2,5-7,10-19H2,1H3,(H2,24,25,26). The molecule has 29 heavy (non-hydrogen) atoms. The summed E-state index contributed by atoms with van der Waals surface area (Å²) in [6, 6.07) is 8.83. The first kappa shape index (κ1) is 22.1. The van der Waals surface area contributed by atoms with E-state index in [0.717, 1.165) is 84.3 Å². The zero-order valence-corrected chi connectivity index (χ0v) is 18.0. The molecule has 6 nitrogen and oxygen atoms in total. The normalized spacial score (nSPS) is 19.9. The average molecular weight is 403 g/mol. The Bertz CT molecular complexity index is 617. The molecule has 0 spiro atoms. The number of nitrogens with one attached hydrogen (secondary N) is 2. The van der Waals surface area contributed by atoms with Crippen molar-refractivity contribution in [3.05, 3.63) is 35.4 Å². The zero-order valence-electron chi connectivity index (χ0n) is 18.0. The van der Waals surface area contributed by atoms with Crippen molar-refractivity contribution >= 4 is 5.96 Å². The molecule has 1 fully saturated rings. The Kier molecular flexibility index (Phi) is 9.76. The first-order chi connectivity index (χ1) is 14.3. The topological polar surface area (TPSA) is 58.1 Å². The number of nitrogens with zero attached hydrogens (tertiary/aromatic N) is 2. The summed E-state index contributed by atoms with van der Waals surface area (Å²) in [4.78, 5) is 7.22. The van der Waals surface area contributed by atoms with Gasteiger partial charge in [0, 0.05) is 52.5 Å². The Morgan fingerprint density at radius 2 is 2.14 bits per heavy atom.